The fourth-order valence-electron chi connectivity index (χ4n) is 1.85. The van der Waals surface area contributed by atoms with E-state index in [1.807, 2.05) is 0 Å². The summed E-state index contributed by atoms with van der Waals surface area (Å²) in [4.78, 5) is 9.82. The minimum absolute atomic E-state index is 0. The van der Waals surface area contributed by atoms with E-state index in [1.54, 1.807) is 0 Å². The molecule has 154 valence electrons. The van der Waals surface area contributed by atoms with Crippen molar-refractivity contribution >= 4 is 28.5 Å². The quantitative estimate of drug-likeness (QED) is 0.287. The van der Waals surface area contributed by atoms with Gasteiger partial charge in [-0.15, -0.1) is 0 Å². The smallest absolute Gasteiger partial charge is 0.412 e. The van der Waals surface area contributed by atoms with Gasteiger partial charge in [-0.2, -0.15) is 34.2 Å². The van der Waals surface area contributed by atoms with Gasteiger partial charge < -0.3 is 5.48 Å². The van der Waals surface area contributed by atoms with Crippen LogP contribution < -0.4 is 0 Å². The van der Waals surface area contributed by atoms with Gasteiger partial charge in [-0.25, -0.2) is 0 Å². The molecule has 0 spiro atoms. The first-order valence-electron chi connectivity index (χ1n) is 8.20. The molecule has 0 aliphatic rings. The van der Waals surface area contributed by atoms with Gasteiger partial charge in [0.05, 0.1) is 0 Å². The third-order valence-corrected chi connectivity index (χ3v) is 4.08. The van der Waals surface area contributed by atoms with Crippen molar-refractivity contribution in [2.24, 2.45) is 0 Å². The van der Waals surface area contributed by atoms with Gasteiger partial charge in [0.25, 0.3) is 15.9 Å². The average molecular weight is 413 g/mol. The number of hydrogen-bond donors (Lipinski definition) is 2. The predicted molar refractivity (Wildman–Crippen MR) is 96.8 cm³/mol. The molecule has 0 amide bonds. The van der Waals surface area contributed by atoms with Crippen molar-refractivity contribution in [3.05, 3.63) is 0 Å². The molecule has 0 aromatic carbocycles. The van der Waals surface area contributed by atoms with Crippen LogP contribution in [0.25, 0.3) is 0 Å². The fourth-order valence-corrected chi connectivity index (χ4v) is 2.57. The van der Waals surface area contributed by atoms with Crippen LogP contribution in [0.3, 0.4) is 0 Å². The average Bonchev–Trinajstić information content (AvgIpc) is 2.43. The summed E-state index contributed by atoms with van der Waals surface area (Å²) < 4.78 is 61.0. The van der Waals surface area contributed by atoms with Crippen LogP contribution >= 0.6 is 12.6 Å². The Hall–Kier alpha value is -0.320. The molecule has 0 atom stereocenters. The van der Waals surface area contributed by atoms with Crippen LogP contribution in [0, 0.1) is 0 Å². The largest absolute Gasteiger partial charge is 0.451 e. The fraction of sp³-hybridized carbons (Fsp3) is 0.933. The van der Waals surface area contributed by atoms with E-state index in [0.29, 0.717) is 0 Å². The first-order valence-corrected chi connectivity index (χ1v) is 10.4. The van der Waals surface area contributed by atoms with Crippen molar-refractivity contribution in [2.45, 2.75) is 77.3 Å². The van der Waals surface area contributed by atoms with Crippen LogP contribution in [0.1, 0.15) is 71.1 Å². The van der Waals surface area contributed by atoms with Crippen LogP contribution in [0.4, 0.5) is 13.2 Å². The minimum atomic E-state index is -5.21. The van der Waals surface area contributed by atoms with E-state index in [9.17, 15) is 26.4 Å². The Morgan fingerprint density at radius 3 is 1.52 bits per heavy atom. The number of thiol groups is 1. The Morgan fingerprint density at radius 1 is 0.920 bits per heavy atom. The number of Topliss-reactive ketones (excluding diaryl/α,β-unsaturated/α-hetero) is 1. The molecule has 0 fully saturated rings. The van der Waals surface area contributed by atoms with Gasteiger partial charge in [0, 0.05) is 0 Å². The highest BCUT2D eigenvalue weighted by atomic mass is 32.2. The number of ketones is 1. The van der Waals surface area contributed by atoms with Crippen LogP contribution in [0.5, 0.6) is 0 Å². The van der Waals surface area contributed by atoms with Crippen molar-refractivity contribution < 1.29 is 36.4 Å². The van der Waals surface area contributed by atoms with Gasteiger partial charge in [0.2, 0.25) is 0 Å². The maximum Gasteiger partial charge on any atom is 0.451 e. The maximum absolute atomic E-state index is 11.3. The molecule has 0 unspecified atom stereocenters. The molecule has 0 rings (SSSR count). The summed E-state index contributed by atoms with van der Waals surface area (Å²) in [5.74, 6) is -3.34. The number of halogens is 3. The van der Waals surface area contributed by atoms with Gasteiger partial charge in [0.1, 0.15) is 5.75 Å². The highest BCUT2D eigenvalue weighted by molar-refractivity contribution is 7.86. The molecule has 0 aliphatic heterocycles. The third-order valence-electron chi connectivity index (χ3n) is 3.14. The van der Waals surface area contributed by atoms with Crippen LogP contribution in [0.2, 0.25) is 0 Å². The molecule has 0 aromatic heterocycles. The van der Waals surface area contributed by atoms with E-state index in [-0.39, 0.29) is 5.48 Å². The Kier molecular flexibility index (Phi) is 20.2. The van der Waals surface area contributed by atoms with E-state index in [2.05, 4.69) is 19.6 Å². The topological polar surface area (TPSA) is 103 Å². The lowest BCUT2D eigenvalue weighted by Gasteiger charge is -2.01. The van der Waals surface area contributed by atoms with E-state index in [1.165, 1.54) is 64.2 Å². The standard InChI is InChI=1S/C12H26S.C3H3F3O4S.H2O/c1-2-3-4-5-6-7-8-9-10-11-12-13;4-3(5,6)2(7)1-11(8,9)10;/h13H,2-12H2,1H3;1H2,(H,8,9,10);1H2. The van der Waals surface area contributed by atoms with Gasteiger partial charge in [-0.05, 0) is 12.2 Å². The normalized spacial score (nSPS) is 11.3. The van der Waals surface area contributed by atoms with Crippen LogP contribution in [-0.4, -0.2) is 41.9 Å². The van der Waals surface area contributed by atoms with Crippen molar-refractivity contribution in [2.75, 3.05) is 11.5 Å². The highest BCUT2D eigenvalue weighted by Crippen LogP contribution is 2.16. The lowest BCUT2D eigenvalue weighted by molar-refractivity contribution is -0.168. The SMILES string of the molecule is CCCCCCCCCCCCS.O.O=C(CS(=O)(=O)O)C(F)(F)F. The summed E-state index contributed by atoms with van der Waals surface area (Å²) in [6, 6.07) is 0. The summed E-state index contributed by atoms with van der Waals surface area (Å²) in [5, 5.41) is 0. The Balaban J connectivity index is -0.000000377. The molecule has 0 aliphatic carbocycles. The summed E-state index contributed by atoms with van der Waals surface area (Å²) >= 11 is 4.20. The first-order chi connectivity index (χ1) is 11.0. The summed E-state index contributed by atoms with van der Waals surface area (Å²) in [7, 11) is -4.88. The zero-order chi connectivity index (χ0) is 19.1. The molecular formula is C15H31F3O5S2. The predicted octanol–water partition coefficient (Wildman–Crippen LogP) is 4.02. The number of hydrogen-bond acceptors (Lipinski definition) is 4. The van der Waals surface area contributed by atoms with E-state index in [0.717, 1.165) is 5.75 Å². The molecule has 0 aromatic rings. The zero-order valence-corrected chi connectivity index (χ0v) is 16.4. The molecule has 0 bridgehead atoms. The second-order valence-electron chi connectivity index (χ2n) is 5.55. The van der Waals surface area contributed by atoms with Gasteiger partial charge in [-0.1, -0.05) is 64.7 Å². The Bertz CT molecular complexity index is 402. The van der Waals surface area contributed by atoms with Crippen LogP contribution in [-0.2, 0) is 14.9 Å². The number of alkyl halides is 3. The van der Waals surface area contributed by atoms with E-state index in [4.69, 9.17) is 4.55 Å². The number of unbranched alkanes of at least 4 members (excludes halogenated alkanes) is 9. The molecule has 0 heterocycles. The van der Waals surface area contributed by atoms with Gasteiger partial charge in [-0.3, -0.25) is 9.35 Å². The zero-order valence-electron chi connectivity index (χ0n) is 14.6. The van der Waals surface area contributed by atoms with Gasteiger partial charge >= 0.3 is 6.18 Å². The molecule has 0 saturated carbocycles. The first kappa shape index (κ1) is 29.4. The van der Waals surface area contributed by atoms with Crippen molar-refractivity contribution in [3.63, 3.8) is 0 Å². The summed E-state index contributed by atoms with van der Waals surface area (Å²) in [5.41, 5.74) is 0. The molecular weight excluding hydrogens is 381 g/mol. The van der Waals surface area contributed by atoms with Crippen LogP contribution in [0.15, 0.2) is 0 Å². The third kappa shape index (κ3) is 26.0. The molecule has 3 N–H and O–H groups in total. The molecule has 5 nitrogen and oxygen atoms in total. The molecule has 0 saturated heterocycles. The number of carbonyl (C=O) groups is 1. The molecule has 10 heteroatoms. The van der Waals surface area contributed by atoms with Gasteiger partial charge in [0.15, 0.2) is 0 Å². The summed E-state index contributed by atoms with van der Waals surface area (Å²) in [6.45, 7) is 2.28. The molecule has 25 heavy (non-hydrogen) atoms. The van der Waals surface area contributed by atoms with E-state index < -0.39 is 27.8 Å². The maximum atomic E-state index is 11.3. The minimum Gasteiger partial charge on any atom is -0.412 e. The Morgan fingerprint density at radius 2 is 1.28 bits per heavy atom. The molecule has 0 radical (unpaired) electrons. The van der Waals surface area contributed by atoms with Crippen molar-refractivity contribution in [1.82, 2.24) is 0 Å². The lowest BCUT2D eigenvalue weighted by Crippen LogP contribution is -2.29. The number of rotatable bonds is 12. The van der Waals surface area contributed by atoms with E-state index >= 15 is 0 Å². The monoisotopic (exact) mass is 412 g/mol. The van der Waals surface area contributed by atoms with Crippen molar-refractivity contribution in [3.8, 4) is 0 Å². The highest BCUT2D eigenvalue weighted by Gasteiger charge is 2.40. The second kappa shape index (κ2) is 17.1. The van der Waals surface area contributed by atoms with Crippen molar-refractivity contribution in [1.29, 1.82) is 0 Å². The second-order valence-corrected chi connectivity index (χ2v) is 7.45. The lowest BCUT2D eigenvalue weighted by atomic mass is 10.1. The Labute approximate surface area is 154 Å². The summed E-state index contributed by atoms with van der Waals surface area (Å²) in [6.07, 6.45) is 8.97. The number of carbonyl (C=O) groups excluding carboxylic acids is 1.